The monoisotopic (exact) mass is 696 g/mol. The number of thiophene rings is 1. The summed E-state index contributed by atoms with van der Waals surface area (Å²) >= 11 is 1.20. The van der Waals surface area contributed by atoms with Gasteiger partial charge in [-0.2, -0.15) is 13.2 Å². The van der Waals surface area contributed by atoms with Gasteiger partial charge >= 0.3 is 6.18 Å². The lowest BCUT2D eigenvalue weighted by atomic mass is 10.0. The molecule has 2 aromatic carbocycles. The predicted octanol–water partition coefficient (Wildman–Crippen LogP) is 5.50. The van der Waals surface area contributed by atoms with E-state index in [1.54, 1.807) is 16.9 Å². The van der Waals surface area contributed by atoms with E-state index in [4.69, 9.17) is 9.47 Å². The maximum Gasteiger partial charge on any atom is 0.393 e. The average molecular weight is 697 g/mol. The van der Waals surface area contributed by atoms with E-state index in [1.165, 1.54) is 31.3 Å². The second-order valence-corrected chi connectivity index (χ2v) is 14.2. The molecule has 0 unspecified atom stereocenters. The highest BCUT2D eigenvalue weighted by Gasteiger charge is 2.33. The Hall–Kier alpha value is -3.58. The molecule has 1 aromatic heterocycles. The molecule has 47 heavy (non-hydrogen) atoms. The molecule has 1 aliphatic heterocycles. The van der Waals surface area contributed by atoms with Crippen molar-refractivity contribution in [2.24, 2.45) is 0 Å². The number of anilines is 2. The van der Waals surface area contributed by atoms with Crippen LogP contribution in [0.3, 0.4) is 0 Å². The quantitative estimate of drug-likeness (QED) is 0.130. The van der Waals surface area contributed by atoms with Gasteiger partial charge < -0.3 is 25.0 Å². The molecule has 3 N–H and O–H groups in total. The first-order chi connectivity index (χ1) is 22.3. The summed E-state index contributed by atoms with van der Waals surface area (Å²) in [5.41, 5.74) is 0.940. The Morgan fingerprint density at radius 1 is 1.11 bits per heavy atom. The maximum atomic E-state index is 14.9. The Morgan fingerprint density at radius 2 is 1.85 bits per heavy atom. The third kappa shape index (κ3) is 9.07. The fourth-order valence-electron chi connectivity index (χ4n) is 5.57. The highest BCUT2D eigenvalue weighted by atomic mass is 32.2. The number of carbonyl (C=O) groups excluding carboxylic acids is 1. The van der Waals surface area contributed by atoms with Crippen molar-refractivity contribution in [3.63, 3.8) is 0 Å². The Kier molecular flexibility index (Phi) is 10.8. The summed E-state index contributed by atoms with van der Waals surface area (Å²) < 4.78 is 94.0. The molecule has 2 heterocycles. The number of rotatable bonds is 12. The Morgan fingerprint density at radius 3 is 2.51 bits per heavy atom. The van der Waals surface area contributed by atoms with Crippen LogP contribution in [0.2, 0.25) is 0 Å². The molecule has 1 amide bonds. The molecule has 2 fully saturated rings. The van der Waals surface area contributed by atoms with Crippen LogP contribution in [0, 0.1) is 17.7 Å². The van der Waals surface area contributed by atoms with Crippen molar-refractivity contribution in [2.45, 2.75) is 62.2 Å². The van der Waals surface area contributed by atoms with E-state index in [0.29, 0.717) is 16.1 Å². The number of halogens is 4. The fraction of sp³-hybridized carbons (Fsp3) is 0.469. The molecule has 0 radical (unpaired) electrons. The second kappa shape index (κ2) is 14.7. The number of amides is 1. The van der Waals surface area contributed by atoms with E-state index in [9.17, 15) is 30.8 Å². The number of methoxy groups -OCH3 is 1. The molecule has 0 atom stereocenters. The molecule has 9 nitrogen and oxygen atoms in total. The lowest BCUT2D eigenvalue weighted by Gasteiger charge is -2.33. The molecule has 3 aromatic rings. The molecule has 1 saturated carbocycles. The minimum absolute atomic E-state index is 0.000697. The van der Waals surface area contributed by atoms with Gasteiger partial charge in [0, 0.05) is 51.3 Å². The van der Waals surface area contributed by atoms with Crippen LogP contribution in [0.5, 0.6) is 5.75 Å². The molecule has 254 valence electrons. The zero-order valence-electron chi connectivity index (χ0n) is 25.9. The molecule has 2 aliphatic rings. The van der Waals surface area contributed by atoms with Gasteiger partial charge in [0.2, 0.25) is 5.91 Å². The fourth-order valence-corrected chi connectivity index (χ4v) is 7.81. The van der Waals surface area contributed by atoms with Crippen LogP contribution >= 0.6 is 11.3 Å². The van der Waals surface area contributed by atoms with Crippen molar-refractivity contribution in [3.05, 3.63) is 46.6 Å². The van der Waals surface area contributed by atoms with Gasteiger partial charge in [-0.05, 0) is 42.7 Å². The molecule has 0 bridgehead atoms. The number of nitrogens with zero attached hydrogens (tertiary/aromatic N) is 1. The summed E-state index contributed by atoms with van der Waals surface area (Å²) in [5.74, 6) is 3.60. The van der Waals surface area contributed by atoms with Gasteiger partial charge in [-0.25, -0.2) is 17.5 Å². The van der Waals surface area contributed by atoms with E-state index >= 15 is 0 Å². The number of carbonyl (C=O) groups is 1. The van der Waals surface area contributed by atoms with E-state index in [-0.39, 0.29) is 47.7 Å². The van der Waals surface area contributed by atoms with Gasteiger partial charge in [0.1, 0.15) is 23.1 Å². The molecular formula is C32H36F4N4O5S2. The number of hydrogen-bond donors (Lipinski definition) is 3. The standard InChI is InChI=1S/C32H36F4N4O5S2/c1-20(41)39-47(42,43)30-18-28(45-16-15-44-2)27(17-25(30)33)37-12-4-7-29-24(19-32(34,35)36)23-5-3-6-26(31(23)46-29)38-21-10-13-40(14-11-21)22-8-9-22/h3,5-6,17-18,21-22,37-38H,8-16,19H2,1-2H3,(H,39,41). The number of sulfonamides is 1. The minimum Gasteiger partial charge on any atom is -0.489 e. The number of hydrogen-bond acceptors (Lipinski definition) is 9. The SMILES string of the molecule is COCCOc1cc(S(=O)(=O)NC(C)=O)c(F)cc1NCC#Cc1sc2c(NC3CCN(C4CC4)CC3)cccc2c1CC(F)(F)F. The number of nitrogens with one attached hydrogen (secondary N) is 3. The molecule has 5 rings (SSSR count). The van der Waals surface area contributed by atoms with Gasteiger partial charge in [0.05, 0.1) is 40.5 Å². The van der Waals surface area contributed by atoms with Crippen LogP contribution in [0.1, 0.15) is 43.0 Å². The van der Waals surface area contributed by atoms with Crippen LogP contribution in [0.25, 0.3) is 10.1 Å². The lowest BCUT2D eigenvalue weighted by molar-refractivity contribution is -0.127. The number of likely N-dealkylation sites (tertiary alicyclic amines) is 1. The summed E-state index contributed by atoms with van der Waals surface area (Å²) in [6.07, 6.45) is -1.16. The van der Waals surface area contributed by atoms with Crippen LogP contribution in [-0.2, 0) is 26.0 Å². The summed E-state index contributed by atoms with van der Waals surface area (Å²) in [4.78, 5) is 13.3. The van der Waals surface area contributed by atoms with Gasteiger partial charge in [-0.1, -0.05) is 24.0 Å². The van der Waals surface area contributed by atoms with Crippen molar-refractivity contribution >= 4 is 48.7 Å². The number of ether oxygens (including phenoxy) is 2. The Labute approximate surface area is 275 Å². The Bertz CT molecular complexity index is 1770. The van der Waals surface area contributed by atoms with E-state index in [1.807, 2.05) is 6.07 Å². The van der Waals surface area contributed by atoms with Crippen LogP contribution < -0.4 is 20.1 Å². The number of benzene rings is 2. The average Bonchev–Trinajstić information content (AvgIpc) is 3.79. The highest BCUT2D eigenvalue weighted by Crippen LogP contribution is 2.40. The van der Waals surface area contributed by atoms with Crippen molar-refractivity contribution in [1.82, 2.24) is 9.62 Å². The first-order valence-corrected chi connectivity index (χ1v) is 17.5. The number of alkyl halides is 3. The van der Waals surface area contributed by atoms with Gasteiger partial charge in [-0.15, -0.1) is 11.3 Å². The normalized spacial score (nSPS) is 16.0. The highest BCUT2D eigenvalue weighted by molar-refractivity contribution is 7.90. The Balaban J connectivity index is 1.38. The van der Waals surface area contributed by atoms with Gasteiger partial charge in [0.15, 0.2) is 0 Å². The first kappa shape index (κ1) is 34.7. The van der Waals surface area contributed by atoms with Crippen molar-refractivity contribution < 1.29 is 40.2 Å². The zero-order chi connectivity index (χ0) is 33.8. The van der Waals surface area contributed by atoms with Crippen molar-refractivity contribution in [1.29, 1.82) is 0 Å². The van der Waals surface area contributed by atoms with Crippen LogP contribution in [0.4, 0.5) is 28.9 Å². The zero-order valence-corrected chi connectivity index (χ0v) is 27.6. The topological polar surface area (TPSA) is 109 Å². The van der Waals surface area contributed by atoms with E-state index < -0.39 is 39.2 Å². The van der Waals surface area contributed by atoms with E-state index in [2.05, 4.69) is 27.4 Å². The minimum atomic E-state index is -4.51. The lowest BCUT2D eigenvalue weighted by Crippen LogP contribution is -2.40. The molecule has 1 aliphatic carbocycles. The largest absolute Gasteiger partial charge is 0.489 e. The summed E-state index contributed by atoms with van der Waals surface area (Å²) in [6.45, 7) is 3.01. The maximum absolute atomic E-state index is 14.9. The van der Waals surface area contributed by atoms with Gasteiger partial charge in [-0.3, -0.25) is 4.79 Å². The molecular weight excluding hydrogens is 661 g/mol. The van der Waals surface area contributed by atoms with E-state index in [0.717, 1.165) is 50.7 Å². The third-order valence-corrected chi connectivity index (χ3v) is 10.5. The van der Waals surface area contributed by atoms with Crippen molar-refractivity contribution in [3.8, 4) is 17.6 Å². The first-order valence-electron chi connectivity index (χ1n) is 15.2. The molecule has 1 saturated heterocycles. The summed E-state index contributed by atoms with van der Waals surface area (Å²) in [5, 5.41) is 6.93. The number of fused-ring (bicyclic) bond motifs is 1. The van der Waals surface area contributed by atoms with Crippen LogP contribution in [0.15, 0.2) is 35.2 Å². The number of piperidine rings is 1. The van der Waals surface area contributed by atoms with Crippen molar-refractivity contribution in [2.75, 3.05) is 50.6 Å². The molecule has 0 spiro atoms. The van der Waals surface area contributed by atoms with Gasteiger partial charge in [0.25, 0.3) is 10.0 Å². The van der Waals surface area contributed by atoms with Crippen LogP contribution in [-0.4, -0.2) is 77.4 Å². The molecule has 15 heteroatoms. The summed E-state index contributed by atoms with van der Waals surface area (Å²) in [6, 6.07) is 8.08. The second-order valence-electron chi connectivity index (χ2n) is 11.5. The smallest absolute Gasteiger partial charge is 0.393 e. The predicted molar refractivity (Wildman–Crippen MR) is 173 cm³/mol. The summed E-state index contributed by atoms with van der Waals surface area (Å²) in [7, 11) is -3.07. The third-order valence-electron chi connectivity index (χ3n) is 7.86.